The van der Waals surface area contributed by atoms with Gasteiger partial charge >= 0.3 is 0 Å². The van der Waals surface area contributed by atoms with E-state index in [0.717, 1.165) is 18.4 Å². The highest BCUT2D eigenvalue weighted by Crippen LogP contribution is 2.47. The van der Waals surface area contributed by atoms with Crippen LogP contribution in [0.1, 0.15) is 39.5 Å². The third-order valence-corrected chi connectivity index (χ3v) is 4.89. The molecule has 0 saturated heterocycles. The average molecular weight is 281 g/mol. The predicted octanol–water partition coefficient (Wildman–Crippen LogP) is 0.638. The number of nitrogens with two attached hydrogens (primary N) is 1. The Morgan fingerprint density at radius 3 is 2.50 bits per heavy atom. The largest absolute Gasteiger partial charge is 0.354 e. The van der Waals surface area contributed by atoms with E-state index in [9.17, 15) is 9.59 Å². The lowest BCUT2D eigenvalue weighted by molar-refractivity contribution is -0.127. The summed E-state index contributed by atoms with van der Waals surface area (Å²) < 4.78 is 0. The highest BCUT2D eigenvalue weighted by atomic mass is 16.2. The summed E-state index contributed by atoms with van der Waals surface area (Å²) in [6.07, 6.45) is 5.31. The summed E-state index contributed by atoms with van der Waals surface area (Å²) in [5.41, 5.74) is 5.72. The molecule has 0 aromatic carbocycles. The van der Waals surface area contributed by atoms with Crippen molar-refractivity contribution >= 4 is 11.8 Å². The first-order chi connectivity index (χ1) is 9.47. The van der Waals surface area contributed by atoms with Gasteiger partial charge in [-0.3, -0.25) is 9.59 Å². The average Bonchev–Trinajstić information content (AvgIpc) is 3.03. The maximum atomic E-state index is 11.7. The van der Waals surface area contributed by atoms with Crippen LogP contribution in [0.25, 0.3) is 0 Å². The van der Waals surface area contributed by atoms with Gasteiger partial charge in [0, 0.05) is 6.54 Å². The summed E-state index contributed by atoms with van der Waals surface area (Å²) in [6.45, 7) is 4.56. The highest BCUT2D eigenvalue weighted by molar-refractivity contribution is 5.87. The van der Waals surface area contributed by atoms with Crippen LogP contribution < -0.4 is 16.4 Å². The van der Waals surface area contributed by atoms with Crippen molar-refractivity contribution in [1.82, 2.24) is 10.6 Å². The van der Waals surface area contributed by atoms with Gasteiger partial charge in [-0.1, -0.05) is 20.3 Å². The lowest BCUT2D eigenvalue weighted by Gasteiger charge is -2.22. The van der Waals surface area contributed by atoms with E-state index in [4.69, 9.17) is 5.73 Å². The van der Waals surface area contributed by atoms with Crippen molar-refractivity contribution in [2.45, 2.75) is 45.6 Å². The summed E-state index contributed by atoms with van der Waals surface area (Å²) in [5.74, 6) is 2.06. The molecule has 20 heavy (non-hydrogen) atoms. The molecule has 4 N–H and O–H groups in total. The molecule has 0 aliphatic heterocycles. The van der Waals surface area contributed by atoms with Crippen molar-refractivity contribution in [1.29, 1.82) is 0 Å². The first-order valence-corrected chi connectivity index (χ1v) is 7.77. The molecule has 2 amide bonds. The fourth-order valence-electron chi connectivity index (χ4n) is 3.52. The Hall–Kier alpha value is -1.10. The van der Waals surface area contributed by atoms with Crippen LogP contribution in [0, 0.1) is 23.7 Å². The number of carbonyl (C=O) groups excluding carboxylic acids is 2. The summed E-state index contributed by atoms with van der Waals surface area (Å²) >= 11 is 0. The number of hydrogen-bond donors (Lipinski definition) is 3. The molecule has 2 saturated carbocycles. The van der Waals surface area contributed by atoms with Crippen LogP contribution in [-0.4, -0.2) is 30.9 Å². The second-order valence-corrected chi connectivity index (χ2v) is 6.73. The highest BCUT2D eigenvalue weighted by Gasteiger charge is 2.39. The molecule has 3 unspecified atom stereocenters. The second kappa shape index (κ2) is 6.57. The summed E-state index contributed by atoms with van der Waals surface area (Å²) in [4.78, 5) is 23.4. The molecule has 2 rings (SSSR count). The van der Waals surface area contributed by atoms with Gasteiger partial charge in [0.2, 0.25) is 11.8 Å². The van der Waals surface area contributed by atoms with Crippen LogP contribution in [0.3, 0.4) is 0 Å². The van der Waals surface area contributed by atoms with Gasteiger partial charge in [-0.25, -0.2) is 0 Å². The molecular weight excluding hydrogens is 254 g/mol. The Labute approximate surface area is 121 Å². The van der Waals surface area contributed by atoms with E-state index >= 15 is 0 Å². The molecule has 5 nitrogen and oxygen atoms in total. The quantitative estimate of drug-likeness (QED) is 0.668. The van der Waals surface area contributed by atoms with Crippen LogP contribution in [0.5, 0.6) is 0 Å². The minimum absolute atomic E-state index is 0.0278. The maximum Gasteiger partial charge on any atom is 0.239 e. The summed E-state index contributed by atoms with van der Waals surface area (Å²) in [5, 5.41) is 5.54. The van der Waals surface area contributed by atoms with E-state index in [1.807, 2.05) is 13.8 Å². The van der Waals surface area contributed by atoms with Crippen LogP contribution in [-0.2, 0) is 9.59 Å². The Bertz CT molecular complexity index is 370. The van der Waals surface area contributed by atoms with Crippen LogP contribution in [0.2, 0.25) is 0 Å². The minimum atomic E-state index is -0.548. The minimum Gasteiger partial charge on any atom is -0.354 e. The zero-order valence-electron chi connectivity index (χ0n) is 12.5. The van der Waals surface area contributed by atoms with E-state index in [1.54, 1.807) is 0 Å². The van der Waals surface area contributed by atoms with Gasteiger partial charge in [-0.15, -0.1) is 0 Å². The van der Waals surface area contributed by atoms with Crippen LogP contribution in [0.4, 0.5) is 0 Å². The van der Waals surface area contributed by atoms with Crippen LogP contribution >= 0.6 is 0 Å². The lowest BCUT2D eigenvalue weighted by Crippen LogP contribution is -2.47. The Morgan fingerprint density at radius 1 is 1.20 bits per heavy atom. The normalized spacial score (nSPS) is 29.5. The van der Waals surface area contributed by atoms with Gasteiger partial charge < -0.3 is 16.4 Å². The Balaban J connectivity index is 1.62. The molecule has 2 fully saturated rings. The number of carbonyl (C=O) groups is 2. The Kier molecular flexibility index (Phi) is 5.02. The van der Waals surface area contributed by atoms with Crippen molar-refractivity contribution in [3.63, 3.8) is 0 Å². The SMILES string of the molecule is CC(C)[C@H](N)C(=O)NCC(=O)NCC1CC2CCC1C2. The summed E-state index contributed by atoms with van der Waals surface area (Å²) in [6, 6.07) is -0.548. The number of rotatable bonds is 6. The zero-order valence-corrected chi connectivity index (χ0v) is 12.5. The molecule has 0 radical (unpaired) electrons. The first kappa shape index (κ1) is 15.3. The molecular formula is C15H27N3O2. The van der Waals surface area contributed by atoms with Gasteiger partial charge in [0.15, 0.2) is 0 Å². The number of amides is 2. The Morgan fingerprint density at radius 2 is 1.95 bits per heavy atom. The van der Waals surface area contributed by atoms with Gasteiger partial charge in [0.05, 0.1) is 12.6 Å². The molecule has 2 aliphatic rings. The van der Waals surface area contributed by atoms with Crippen molar-refractivity contribution in [2.24, 2.45) is 29.4 Å². The zero-order chi connectivity index (χ0) is 14.7. The third-order valence-electron chi connectivity index (χ3n) is 4.89. The van der Waals surface area contributed by atoms with Gasteiger partial charge in [-0.2, -0.15) is 0 Å². The van der Waals surface area contributed by atoms with E-state index in [-0.39, 0.29) is 24.3 Å². The second-order valence-electron chi connectivity index (χ2n) is 6.73. The fraction of sp³-hybridized carbons (Fsp3) is 0.867. The summed E-state index contributed by atoms with van der Waals surface area (Å²) in [7, 11) is 0. The molecule has 0 aromatic heterocycles. The first-order valence-electron chi connectivity index (χ1n) is 7.77. The van der Waals surface area contributed by atoms with Gasteiger partial charge in [0.25, 0.3) is 0 Å². The van der Waals surface area contributed by atoms with Crippen molar-refractivity contribution < 1.29 is 9.59 Å². The topological polar surface area (TPSA) is 84.2 Å². The predicted molar refractivity (Wildman–Crippen MR) is 77.8 cm³/mol. The van der Waals surface area contributed by atoms with Crippen molar-refractivity contribution in [3.8, 4) is 0 Å². The number of fused-ring (bicyclic) bond motifs is 2. The molecule has 0 aromatic rings. The van der Waals surface area contributed by atoms with Gasteiger partial charge in [-0.05, 0) is 42.9 Å². The standard InChI is InChI=1S/C15H27N3O2/c1-9(2)14(16)15(20)18-8-13(19)17-7-12-6-10-3-4-11(12)5-10/h9-12,14H,3-8,16H2,1-2H3,(H,17,19)(H,18,20)/t10?,11?,12?,14-/m0/s1. The molecule has 114 valence electrons. The van der Waals surface area contributed by atoms with E-state index in [2.05, 4.69) is 10.6 Å². The van der Waals surface area contributed by atoms with Crippen molar-refractivity contribution in [3.05, 3.63) is 0 Å². The molecule has 5 heteroatoms. The lowest BCUT2D eigenvalue weighted by atomic mass is 9.89. The molecule has 0 heterocycles. The smallest absolute Gasteiger partial charge is 0.239 e. The monoisotopic (exact) mass is 281 g/mol. The molecule has 4 atom stereocenters. The number of nitrogens with one attached hydrogen (secondary N) is 2. The van der Waals surface area contributed by atoms with E-state index < -0.39 is 6.04 Å². The third kappa shape index (κ3) is 3.72. The molecule has 2 aliphatic carbocycles. The number of hydrogen-bond acceptors (Lipinski definition) is 3. The molecule has 2 bridgehead atoms. The van der Waals surface area contributed by atoms with Crippen LogP contribution in [0.15, 0.2) is 0 Å². The fourth-order valence-corrected chi connectivity index (χ4v) is 3.52. The van der Waals surface area contributed by atoms with E-state index in [1.165, 1.54) is 25.7 Å². The maximum absolute atomic E-state index is 11.7. The van der Waals surface area contributed by atoms with E-state index in [0.29, 0.717) is 5.92 Å². The van der Waals surface area contributed by atoms with Gasteiger partial charge in [0.1, 0.15) is 0 Å². The molecule has 0 spiro atoms. The van der Waals surface area contributed by atoms with Crippen molar-refractivity contribution in [2.75, 3.05) is 13.1 Å².